The van der Waals surface area contributed by atoms with Gasteiger partial charge < -0.3 is 10.2 Å². The summed E-state index contributed by atoms with van der Waals surface area (Å²) in [6, 6.07) is 16.5. The number of hydrogen-bond acceptors (Lipinski definition) is 6. The Hall–Kier alpha value is -3.98. The number of nitrogens with zero attached hydrogens (tertiary/aromatic N) is 4. The van der Waals surface area contributed by atoms with Crippen LogP contribution in [0.1, 0.15) is 11.3 Å². The number of phenols is 1. The van der Waals surface area contributed by atoms with Gasteiger partial charge in [-0.05, 0) is 18.6 Å². The van der Waals surface area contributed by atoms with Gasteiger partial charge in [-0.25, -0.2) is 15.0 Å². The van der Waals surface area contributed by atoms with Gasteiger partial charge in [-0.15, -0.1) is 0 Å². The molecule has 0 saturated heterocycles. The van der Waals surface area contributed by atoms with Gasteiger partial charge in [0.1, 0.15) is 17.4 Å². The maximum absolute atomic E-state index is 10.3. The molecule has 0 radical (unpaired) electrons. The lowest BCUT2D eigenvalue weighted by Gasteiger charge is -2.08. The Morgan fingerprint density at radius 2 is 1.63 bits per heavy atom. The van der Waals surface area contributed by atoms with E-state index in [1.165, 1.54) is 0 Å². The van der Waals surface area contributed by atoms with Crippen LogP contribution in [-0.4, -0.2) is 25.2 Å². The highest BCUT2D eigenvalue weighted by atomic mass is 16.3. The minimum atomic E-state index is -0.208. The van der Waals surface area contributed by atoms with Gasteiger partial charge in [-0.2, -0.15) is 5.26 Å². The van der Waals surface area contributed by atoms with Crippen LogP contribution in [0.25, 0.3) is 33.5 Å². The Bertz CT molecular complexity index is 1210. The molecule has 0 saturated carbocycles. The van der Waals surface area contributed by atoms with Crippen molar-refractivity contribution in [2.24, 2.45) is 0 Å². The lowest BCUT2D eigenvalue weighted by Crippen LogP contribution is -1.96. The number of aromatic hydroxyl groups is 2. The first kappa shape index (κ1) is 16.5. The Labute approximate surface area is 155 Å². The third kappa shape index (κ3) is 2.81. The van der Waals surface area contributed by atoms with E-state index in [1.54, 1.807) is 25.3 Å². The average molecular weight is 354 g/mol. The largest absolute Gasteiger partial charge is 0.507 e. The zero-order valence-corrected chi connectivity index (χ0v) is 14.4. The fourth-order valence-electron chi connectivity index (χ4n) is 2.94. The number of fused-ring (bicyclic) bond motifs is 1. The second-order valence-electron chi connectivity index (χ2n) is 6.05. The number of benzene rings is 2. The molecule has 6 nitrogen and oxygen atoms in total. The predicted octanol–water partition coefficient (Wildman–Crippen LogP) is 3.95. The molecule has 27 heavy (non-hydrogen) atoms. The standard InChI is InChI=1S/C21H14N4O2/c1-12-16(10-22)20(27)19-21(24-12)23-11-17(25-19)14-8-6-13(7-9-14)15-4-2-3-5-18(15)26/h2-9,11,26H,1H3,(H,23,24,27). The van der Waals surface area contributed by atoms with Crippen molar-refractivity contribution in [2.75, 3.05) is 0 Å². The summed E-state index contributed by atoms with van der Waals surface area (Å²) in [6.07, 6.45) is 1.58. The smallest absolute Gasteiger partial charge is 0.182 e. The van der Waals surface area contributed by atoms with Crippen LogP contribution in [0.3, 0.4) is 0 Å². The predicted molar refractivity (Wildman–Crippen MR) is 101 cm³/mol. The summed E-state index contributed by atoms with van der Waals surface area (Å²) in [6.45, 7) is 1.64. The zero-order chi connectivity index (χ0) is 19.0. The summed E-state index contributed by atoms with van der Waals surface area (Å²) in [7, 11) is 0. The summed E-state index contributed by atoms with van der Waals surface area (Å²) in [5, 5.41) is 29.5. The monoisotopic (exact) mass is 354 g/mol. The molecule has 0 spiro atoms. The first-order valence-electron chi connectivity index (χ1n) is 8.23. The topological polar surface area (TPSA) is 103 Å². The van der Waals surface area contributed by atoms with Crippen LogP contribution < -0.4 is 0 Å². The van der Waals surface area contributed by atoms with Crippen molar-refractivity contribution in [2.45, 2.75) is 6.92 Å². The van der Waals surface area contributed by atoms with E-state index in [9.17, 15) is 15.5 Å². The maximum atomic E-state index is 10.3. The van der Waals surface area contributed by atoms with Crippen molar-refractivity contribution in [3.63, 3.8) is 0 Å². The van der Waals surface area contributed by atoms with E-state index in [4.69, 9.17) is 0 Å². The van der Waals surface area contributed by atoms with E-state index < -0.39 is 0 Å². The van der Waals surface area contributed by atoms with Crippen LogP contribution in [0.15, 0.2) is 54.7 Å². The average Bonchev–Trinajstić information content (AvgIpc) is 2.69. The van der Waals surface area contributed by atoms with Crippen LogP contribution in [-0.2, 0) is 0 Å². The summed E-state index contributed by atoms with van der Waals surface area (Å²) in [5.74, 6) is 0.00586. The fourth-order valence-corrected chi connectivity index (χ4v) is 2.94. The van der Waals surface area contributed by atoms with Crippen molar-refractivity contribution >= 4 is 11.2 Å². The molecule has 4 rings (SSSR count). The van der Waals surface area contributed by atoms with Gasteiger partial charge in [0, 0.05) is 11.1 Å². The van der Waals surface area contributed by atoms with Gasteiger partial charge in [0.2, 0.25) is 0 Å². The molecule has 6 heteroatoms. The molecule has 130 valence electrons. The van der Waals surface area contributed by atoms with Crippen molar-refractivity contribution in [3.05, 3.63) is 66.0 Å². The minimum absolute atomic E-state index is 0.101. The molecule has 4 aromatic rings. The number of nitriles is 1. The van der Waals surface area contributed by atoms with Crippen LogP contribution in [0, 0.1) is 18.3 Å². The van der Waals surface area contributed by atoms with Crippen molar-refractivity contribution in [3.8, 4) is 40.0 Å². The van der Waals surface area contributed by atoms with Crippen LogP contribution in [0.4, 0.5) is 0 Å². The van der Waals surface area contributed by atoms with Crippen LogP contribution >= 0.6 is 0 Å². The molecule has 0 aliphatic carbocycles. The lowest BCUT2D eigenvalue weighted by molar-refractivity contribution is 0.477. The molecule has 2 aromatic carbocycles. The van der Waals surface area contributed by atoms with Gasteiger partial charge >= 0.3 is 0 Å². The highest BCUT2D eigenvalue weighted by Gasteiger charge is 2.15. The Balaban J connectivity index is 1.79. The quantitative estimate of drug-likeness (QED) is 0.565. The van der Waals surface area contributed by atoms with Gasteiger partial charge in [-0.1, -0.05) is 42.5 Å². The zero-order valence-electron chi connectivity index (χ0n) is 14.4. The molecule has 0 unspecified atom stereocenters. The van der Waals surface area contributed by atoms with Gasteiger partial charge in [0.05, 0.1) is 17.6 Å². The van der Waals surface area contributed by atoms with Gasteiger partial charge in [0.15, 0.2) is 16.9 Å². The molecule has 0 aliphatic heterocycles. The number of aromatic nitrogens is 3. The summed E-state index contributed by atoms with van der Waals surface area (Å²) in [5.41, 5.74) is 3.96. The van der Waals surface area contributed by atoms with E-state index in [0.29, 0.717) is 17.0 Å². The SMILES string of the molecule is Cc1nc2ncc(-c3ccc(-c4ccccc4O)cc3)nc2c(O)c1C#N. The summed E-state index contributed by atoms with van der Waals surface area (Å²) >= 11 is 0. The second-order valence-corrected chi connectivity index (χ2v) is 6.05. The van der Waals surface area contributed by atoms with Crippen molar-refractivity contribution in [1.29, 1.82) is 5.26 Å². The highest BCUT2D eigenvalue weighted by molar-refractivity contribution is 5.83. The fraction of sp³-hybridized carbons (Fsp3) is 0.0476. The third-order valence-corrected chi connectivity index (χ3v) is 4.36. The Morgan fingerprint density at radius 1 is 0.926 bits per heavy atom. The van der Waals surface area contributed by atoms with E-state index in [1.807, 2.05) is 42.5 Å². The van der Waals surface area contributed by atoms with Crippen molar-refractivity contribution < 1.29 is 10.2 Å². The van der Waals surface area contributed by atoms with Gasteiger partial charge in [0.25, 0.3) is 0 Å². The third-order valence-electron chi connectivity index (χ3n) is 4.36. The Kier molecular flexibility index (Phi) is 3.90. The van der Waals surface area contributed by atoms with E-state index in [0.717, 1.165) is 16.7 Å². The number of pyridine rings is 1. The molecular weight excluding hydrogens is 340 g/mol. The number of aryl methyl sites for hydroxylation is 1. The molecule has 0 amide bonds. The number of phenolic OH excluding ortho intramolecular Hbond substituents is 1. The Morgan fingerprint density at radius 3 is 2.33 bits per heavy atom. The second kappa shape index (κ2) is 6.39. The minimum Gasteiger partial charge on any atom is -0.507 e. The number of rotatable bonds is 2. The number of hydrogen-bond donors (Lipinski definition) is 2. The molecule has 2 aromatic heterocycles. The summed E-state index contributed by atoms with van der Waals surface area (Å²) in [4.78, 5) is 12.9. The van der Waals surface area contributed by atoms with Crippen LogP contribution in [0.2, 0.25) is 0 Å². The van der Waals surface area contributed by atoms with E-state index in [2.05, 4.69) is 15.0 Å². The van der Waals surface area contributed by atoms with E-state index >= 15 is 0 Å². The lowest BCUT2D eigenvalue weighted by atomic mass is 10.0. The summed E-state index contributed by atoms with van der Waals surface area (Å²) < 4.78 is 0. The molecule has 0 aliphatic rings. The van der Waals surface area contributed by atoms with Crippen LogP contribution in [0.5, 0.6) is 11.5 Å². The molecule has 0 atom stereocenters. The molecular formula is C21H14N4O2. The van der Waals surface area contributed by atoms with E-state index in [-0.39, 0.29) is 22.6 Å². The molecule has 2 heterocycles. The number of para-hydroxylation sites is 1. The highest BCUT2D eigenvalue weighted by Crippen LogP contribution is 2.31. The first-order valence-corrected chi connectivity index (χ1v) is 8.23. The molecule has 0 bridgehead atoms. The normalized spacial score (nSPS) is 10.7. The first-order chi connectivity index (χ1) is 13.1. The van der Waals surface area contributed by atoms with Crippen molar-refractivity contribution in [1.82, 2.24) is 15.0 Å². The molecule has 0 fully saturated rings. The molecule has 2 N–H and O–H groups in total. The van der Waals surface area contributed by atoms with Gasteiger partial charge in [-0.3, -0.25) is 0 Å². The maximum Gasteiger partial charge on any atom is 0.182 e.